The van der Waals surface area contributed by atoms with Gasteiger partial charge in [0.05, 0.1) is 24.6 Å². The van der Waals surface area contributed by atoms with Crippen LogP contribution in [0.5, 0.6) is 0 Å². The van der Waals surface area contributed by atoms with Crippen LogP contribution in [0.2, 0.25) is 0 Å². The zero-order chi connectivity index (χ0) is 16.0. The monoisotopic (exact) mass is 309 g/mol. The van der Waals surface area contributed by atoms with Crippen molar-refractivity contribution in [2.45, 2.75) is 25.9 Å². The molecule has 21 heavy (non-hydrogen) atoms. The molecule has 0 bridgehead atoms. The topological polar surface area (TPSA) is 79.4 Å². The Morgan fingerprint density at radius 3 is 2.57 bits per heavy atom. The SMILES string of the molecule is CCc1nn(C)c(C(=O)OCCCOCC(F)(F)F)c1N. The molecule has 0 radical (unpaired) electrons. The first-order valence-corrected chi connectivity index (χ1v) is 6.39. The number of nitrogens with zero attached hydrogens (tertiary/aromatic N) is 2. The highest BCUT2D eigenvalue weighted by Gasteiger charge is 2.27. The molecule has 1 aromatic rings. The standard InChI is InChI=1S/C12H18F3N3O3/c1-3-8-9(16)10(18(2)17-8)11(19)21-6-4-5-20-7-12(13,14)15/h3-7,16H2,1-2H3. The number of ether oxygens (including phenoxy) is 2. The number of hydrogen-bond donors (Lipinski definition) is 1. The third-order valence-electron chi connectivity index (χ3n) is 2.62. The van der Waals surface area contributed by atoms with Crippen molar-refractivity contribution in [2.24, 2.45) is 7.05 Å². The molecule has 2 N–H and O–H groups in total. The summed E-state index contributed by atoms with van der Waals surface area (Å²) in [4.78, 5) is 11.8. The van der Waals surface area contributed by atoms with Gasteiger partial charge in [0, 0.05) is 13.5 Å². The van der Waals surface area contributed by atoms with E-state index in [9.17, 15) is 18.0 Å². The van der Waals surface area contributed by atoms with Crippen LogP contribution >= 0.6 is 0 Å². The van der Waals surface area contributed by atoms with Gasteiger partial charge in [-0.1, -0.05) is 6.92 Å². The second-order valence-corrected chi connectivity index (χ2v) is 4.34. The molecule has 0 atom stereocenters. The minimum Gasteiger partial charge on any atom is -0.461 e. The number of nitrogens with two attached hydrogens (primary N) is 1. The van der Waals surface area contributed by atoms with E-state index in [1.165, 1.54) is 4.68 Å². The molecule has 6 nitrogen and oxygen atoms in total. The van der Waals surface area contributed by atoms with Crippen LogP contribution in [0.3, 0.4) is 0 Å². The van der Waals surface area contributed by atoms with Crippen LogP contribution < -0.4 is 5.73 Å². The van der Waals surface area contributed by atoms with Gasteiger partial charge < -0.3 is 15.2 Å². The maximum atomic E-state index is 11.8. The summed E-state index contributed by atoms with van der Waals surface area (Å²) in [5, 5.41) is 4.08. The van der Waals surface area contributed by atoms with E-state index in [0.717, 1.165) is 0 Å². The van der Waals surface area contributed by atoms with Gasteiger partial charge in [0.2, 0.25) is 0 Å². The summed E-state index contributed by atoms with van der Waals surface area (Å²) in [5.41, 5.74) is 6.78. The van der Waals surface area contributed by atoms with E-state index in [0.29, 0.717) is 12.1 Å². The van der Waals surface area contributed by atoms with Gasteiger partial charge in [-0.3, -0.25) is 4.68 Å². The Labute approximate surface area is 120 Å². The predicted octanol–water partition coefficient (Wildman–Crippen LogP) is 1.69. The minimum absolute atomic E-state index is 0.0528. The smallest absolute Gasteiger partial charge is 0.411 e. The van der Waals surface area contributed by atoms with Crippen molar-refractivity contribution in [3.05, 3.63) is 11.4 Å². The zero-order valence-electron chi connectivity index (χ0n) is 11.9. The fraction of sp³-hybridized carbons (Fsp3) is 0.667. The molecule has 0 aliphatic rings. The summed E-state index contributed by atoms with van der Waals surface area (Å²) in [6.07, 6.45) is -3.60. The molecule has 0 aliphatic carbocycles. The van der Waals surface area contributed by atoms with Crippen molar-refractivity contribution < 1.29 is 27.4 Å². The van der Waals surface area contributed by atoms with Crippen molar-refractivity contribution in [3.63, 3.8) is 0 Å². The van der Waals surface area contributed by atoms with Gasteiger partial charge in [0.15, 0.2) is 5.69 Å². The Morgan fingerprint density at radius 1 is 1.38 bits per heavy atom. The highest BCUT2D eigenvalue weighted by atomic mass is 19.4. The number of carbonyl (C=O) groups is 1. The number of nitrogen functional groups attached to an aromatic ring is 1. The number of anilines is 1. The molecular formula is C12H18F3N3O3. The number of hydrogen-bond acceptors (Lipinski definition) is 5. The van der Waals surface area contributed by atoms with Gasteiger partial charge in [-0.25, -0.2) is 4.79 Å². The van der Waals surface area contributed by atoms with Gasteiger partial charge in [0.1, 0.15) is 6.61 Å². The average Bonchev–Trinajstić information content (AvgIpc) is 2.67. The summed E-state index contributed by atoms with van der Waals surface area (Å²) in [5.74, 6) is -0.655. The van der Waals surface area contributed by atoms with Crippen molar-refractivity contribution in [1.82, 2.24) is 9.78 Å². The van der Waals surface area contributed by atoms with Crippen molar-refractivity contribution in [2.75, 3.05) is 25.6 Å². The molecule has 0 fully saturated rings. The van der Waals surface area contributed by atoms with E-state index >= 15 is 0 Å². The normalized spacial score (nSPS) is 11.7. The molecule has 0 aliphatic heterocycles. The Hall–Kier alpha value is -1.77. The molecule has 120 valence electrons. The first kappa shape index (κ1) is 17.3. The average molecular weight is 309 g/mol. The van der Waals surface area contributed by atoms with Crippen LogP contribution in [-0.2, 0) is 22.9 Å². The highest BCUT2D eigenvalue weighted by molar-refractivity contribution is 5.93. The van der Waals surface area contributed by atoms with Crippen molar-refractivity contribution >= 4 is 11.7 Å². The number of halogens is 3. The van der Waals surface area contributed by atoms with Crippen LogP contribution in [0, 0.1) is 0 Å². The number of esters is 1. The van der Waals surface area contributed by atoms with Crippen LogP contribution in [0.15, 0.2) is 0 Å². The third kappa shape index (κ3) is 5.25. The first-order chi connectivity index (χ1) is 9.76. The number of carbonyl (C=O) groups excluding carboxylic acids is 1. The molecule has 9 heteroatoms. The van der Waals surface area contributed by atoms with Gasteiger partial charge in [-0.05, 0) is 6.42 Å². The van der Waals surface area contributed by atoms with Crippen LogP contribution in [-0.4, -0.2) is 41.7 Å². The summed E-state index contributed by atoms with van der Waals surface area (Å²) >= 11 is 0. The minimum atomic E-state index is -4.35. The van der Waals surface area contributed by atoms with Gasteiger partial charge in [0.25, 0.3) is 0 Å². The second kappa shape index (κ2) is 7.30. The molecule has 0 aromatic carbocycles. The quantitative estimate of drug-likeness (QED) is 0.612. The Bertz CT molecular complexity index is 486. The Balaban J connectivity index is 2.36. The number of aryl methyl sites for hydroxylation is 2. The maximum absolute atomic E-state index is 11.8. The zero-order valence-corrected chi connectivity index (χ0v) is 11.9. The third-order valence-corrected chi connectivity index (χ3v) is 2.62. The van der Waals surface area contributed by atoms with Gasteiger partial charge in [-0.2, -0.15) is 18.3 Å². The fourth-order valence-electron chi connectivity index (χ4n) is 1.68. The van der Waals surface area contributed by atoms with Crippen LogP contribution in [0.25, 0.3) is 0 Å². The van der Waals surface area contributed by atoms with E-state index in [-0.39, 0.29) is 31.0 Å². The molecule has 0 unspecified atom stereocenters. The lowest BCUT2D eigenvalue weighted by molar-refractivity contribution is -0.174. The summed E-state index contributed by atoms with van der Waals surface area (Å²) in [7, 11) is 1.57. The molecule has 1 aromatic heterocycles. The predicted molar refractivity (Wildman–Crippen MR) is 68.8 cm³/mol. The van der Waals surface area contributed by atoms with E-state index in [2.05, 4.69) is 9.84 Å². The number of rotatable bonds is 7. The van der Waals surface area contributed by atoms with Gasteiger partial charge >= 0.3 is 12.1 Å². The lowest BCUT2D eigenvalue weighted by Gasteiger charge is -2.08. The molecule has 0 amide bonds. The molecule has 0 spiro atoms. The lowest BCUT2D eigenvalue weighted by atomic mass is 10.2. The second-order valence-electron chi connectivity index (χ2n) is 4.34. The van der Waals surface area contributed by atoms with Gasteiger partial charge in [-0.15, -0.1) is 0 Å². The van der Waals surface area contributed by atoms with E-state index in [4.69, 9.17) is 10.5 Å². The first-order valence-electron chi connectivity index (χ1n) is 6.39. The fourth-order valence-corrected chi connectivity index (χ4v) is 1.68. The molecule has 1 rings (SSSR count). The van der Waals surface area contributed by atoms with E-state index < -0.39 is 18.8 Å². The van der Waals surface area contributed by atoms with Crippen molar-refractivity contribution in [1.29, 1.82) is 0 Å². The molecular weight excluding hydrogens is 291 g/mol. The number of aromatic nitrogens is 2. The molecule has 1 heterocycles. The lowest BCUT2D eigenvalue weighted by Crippen LogP contribution is -2.18. The maximum Gasteiger partial charge on any atom is 0.411 e. The number of alkyl halides is 3. The summed E-state index contributed by atoms with van der Waals surface area (Å²) in [6, 6.07) is 0. The van der Waals surface area contributed by atoms with Crippen molar-refractivity contribution in [3.8, 4) is 0 Å². The summed E-state index contributed by atoms with van der Waals surface area (Å²) in [6.45, 7) is 0.345. The van der Waals surface area contributed by atoms with Crippen LogP contribution in [0.4, 0.5) is 18.9 Å². The van der Waals surface area contributed by atoms with E-state index in [1.807, 2.05) is 6.92 Å². The van der Waals surface area contributed by atoms with Crippen LogP contribution in [0.1, 0.15) is 29.5 Å². The van der Waals surface area contributed by atoms with E-state index in [1.54, 1.807) is 7.05 Å². The Kier molecular flexibility index (Phi) is 6.01. The highest BCUT2D eigenvalue weighted by Crippen LogP contribution is 2.18. The Morgan fingerprint density at radius 2 is 2.05 bits per heavy atom. The molecule has 0 saturated carbocycles. The summed E-state index contributed by atoms with van der Waals surface area (Å²) < 4.78 is 46.1. The largest absolute Gasteiger partial charge is 0.461 e. The molecule has 0 saturated heterocycles.